The van der Waals surface area contributed by atoms with E-state index >= 15 is 0 Å². The second-order valence-corrected chi connectivity index (χ2v) is 2.83. The highest BCUT2D eigenvalue weighted by molar-refractivity contribution is 5.90. The lowest BCUT2D eigenvalue weighted by molar-refractivity contribution is 0.255. The summed E-state index contributed by atoms with van der Waals surface area (Å²) in [5.74, 6) is 0.707. The van der Waals surface area contributed by atoms with Crippen LogP contribution in [0.25, 0.3) is 0 Å². The quantitative estimate of drug-likeness (QED) is 0.797. The maximum Gasteiger partial charge on any atom is 0.323 e. The fourth-order valence-electron chi connectivity index (χ4n) is 1.03. The van der Waals surface area contributed by atoms with Gasteiger partial charge in [-0.3, -0.25) is 0 Å². The Morgan fingerprint density at radius 1 is 1.47 bits per heavy atom. The number of hydrogen-bond donors (Lipinski definition) is 2. The molecule has 0 radical (unpaired) electrons. The second kappa shape index (κ2) is 5.70. The highest BCUT2D eigenvalue weighted by atomic mass is 16.5. The van der Waals surface area contributed by atoms with Crippen LogP contribution in [0.15, 0.2) is 36.5 Å². The maximum atomic E-state index is 11.3. The average molecular weight is 206 g/mol. The number of ether oxygens (including phenoxy) is 1. The molecule has 0 aliphatic carbocycles. The molecular formula is C11H14N2O2. The standard InChI is InChI=1S/C11H14N2O2/c1-3-7-12-11(14)13-9-5-4-6-10(8-9)15-2/h3-8H,1-2H3,(H2,12,13,14)/b7-3+. The van der Waals surface area contributed by atoms with Crippen molar-refractivity contribution in [3.63, 3.8) is 0 Å². The van der Waals surface area contributed by atoms with Gasteiger partial charge in [-0.05, 0) is 19.1 Å². The number of hydrogen-bond acceptors (Lipinski definition) is 2. The molecule has 0 heterocycles. The van der Waals surface area contributed by atoms with Crippen molar-refractivity contribution in [3.05, 3.63) is 36.5 Å². The molecule has 0 atom stereocenters. The summed E-state index contributed by atoms with van der Waals surface area (Å²) in [5, 5.41) is 5.22. The van der Waals surface area contributed by atoms with Gasteiger partial charge >= 0.3 is 6.03 Å². The summed E-state index contributed by atoms with van der Waals surface area (Å²) in [6.45, 7) is 1.83. The number of carbonyl (C=O) groups is 1. The van der Waals surface area contributed by atoms with E-state index in [0.29, 0.717) is 11.4 Å². The molecule has 0 aromatic heterocycles. The lowest BCUT2D eigenvalue weighted by Crippen LogP contribution is -2.23. The highest BCUT2D eigenvalue weighted by Crippen LogP contribution is 2.16. The van der Waals surface area contributed by atoms with E-state index in [1.54, 1.807) is 31.5 Å². The molecule has 15 heavy (non-hydrogen) atoms. The minimum Gasteiger partial charge on any atom is -0.497 e. The van der Waals surface area contributed by atoms with E-state index in [2.05, 4.69) is 10.6 Å². The molecule has 0 unspecified atom stereocenters. The third-order valence-corrected chi connectivity index (χ3v) is 1.71. The number of benzene rings is 1. The molecule has 4 nitrogen and oxygen atoms in total. The van der Waals surface area contributed by atoms with Crippen LogP contribution in [-0.2, 0) is 0 Å². The Morgan fingerprint density at radius 3 is 2.93 bits per heavy atom. The predicted octanol–water partition coefficient (Wildman–Crippen LogP) is 2.35. The summed E-state index contributed by atoms with van der Waals surface area (Å²) in [6.07, 6.45) is 3.31. The van der Waals surface area contributed by atoms with Crippen molar-refractivity contribution in [1.82, 2.24) is 5.32 Å². The smallest absolute Gasteiger partial charge is 0.323 e. The zero-order valence-corrected chi connectivity index (χ0v) is 8.78. The monoisotopic (exact) mass is 206 g/mol. The zero-order chi connectivity index (χ0) is 11.1. The molecule has 1 rings (SSSR count). The van der Waals surface area contributed by atoms with Gasteiger partial charge < -0.3 is 15.4 Å². The van der Waals surface area contributed by atoms with Crippen molar-refractivity contribution >= 4 is 11.7 Å². The summed E-state index contributed by atoms with van der Waals surface area (Å²) >= 11 is 0. The molecule has 2 amide bonds. The zero-order valence-electron chi connectivity index (χ0n) is 8.78. The lowest BCUT2D eigenvalue weighted by Gasteiger charge is -2.06. The van der Waals surface area contributed by atoms with Crippen molar-refractivity contribution in [2.24, 2.45) is 0 Å². The number of allylic oxidation sites excluding steroid dienone is 1. The van der Waals surface area contributed by atoms with Crippen LogP contribution in [0.5, 0.6) is 5.75 Å². The predicted molar refractivity (Wildman–Crippen MR) is 60.0 cm³/mol. The van der Waals surface area contributed by atoms with E-state index in [-0.39, 0.29) is 6.03 Å². The van der Waals surface area contributed by atoms with E-state index in [9.17, 15) is 4.79 Å². The summed E-state index contributed by atoms with van der Waals surface area (Å²) < 4.78 is 5.03. The Hall–Kier alpha value is -1.97. The highest BCUT2D eigenvalue weighted by Gasteiger charge is 1.99. The van der Waals surface area contributed by atoms with Gasteiger partial charge in [-0.15, -0.1) is 0 Å². The van der Waals surface area contributed by atoms with Crippen molar-refractivity contribution in [2.45, 2.75) is 6.92 Å². The summed E-state index contributed by atoms with van der Waals surface area (Å²) in [6, 6.07) is 6.88. The van der Waals surface area contributed by atoms with Crippen molar-refractivity contribution < 1.29 is 9.53 Å². The van der Waals surface area contributed by atoms with E-state index in [4.69, 9.17) is 4.74 Å². The first-order valence-electron chi connectivity index (χ1n) is 4.59. The molecular weight excluding hydrogens is 192 g/mol. The molecule has 0 aliphatic heterocycles. The van der Waals surface area contributed by atoms with Gasteiger partial charge in [-0.1, -0.05) is 12.1 Å². The van der Waals surface area contributed by atoms with Gasteiger partial charge in [0, 0.05) is 18.0 Å². The fourth-order valence-corrected chi connectivity index (χ4v) is 1.03. The molecule has 0 saturated heterocycles. The number of rotatable bonds is 3. The van der Waals surface area contributed by atoms with Crippen LogP contribution < -0.4 is 15.4 Å². The normalized spacial score (nSPS) is 10.0. The number of amides is 2. The topological polar surface area (TPSA) is 50.4 Å². The van der Waals surface area contributed by atoms with E-state index in [1.165, 1.54) is 0 Å². The van der Waals surface area contributed by atoms with Crippen molar-refractivity contribution in [1.29, 1.82) is 0 Å². The Morgan fingerprint density at radius 2 is 2.27 bits per heavy atom. The number of carbonyl (C=O) groups excluding carboxylic acids is 1. The lowest BCUT2D eigenvalue weighted by atomic mass is 10.3. The number of anilines is 1. The molecule has 0 spiro atoms. The molecule has 4 heteroatoms. The van der Waals surface area contributed by atoms with E-state index in [0.717, 1.165) is 0 Å². The van der Waals surface area contributed by atoms with Crippen LogP contribution in [-0.4, -0.2) is 13.1 Å². The van der Waals surface area contributed by atoms with Crippen LogP contribution in [0, 0.1) is 0 Å². The average Bonchev–Trinajstić information content (AvgIpc) is 2.26. The molecule has 80 valence electrons. The van der Waals surface area contributed by atoms with Gasteiger partial charge in [0.05, 0.1) is 7.11 Å². The molecule has 2 N–H and O–H groups in total. The van der Waals surface area contributed by atoms with Crippen LogP contribution in [0.4, 0.5) is 10.5 Å². The largest absolute Gasteiger partial charge is 0.497 e. The SMILES string of the molecule is C/C=C/NC(=O)Nc1cccc(OC)c1. The van der Waals surface area contributed by atoms with Crippen LogP contribution in [0.2, 0.25) is 0 Å². The molecule has 0 bridgehead atoms. The van der Waals surface area contributed by atoms with Crippen LogP contribution in [0.3, 0.4) is 0 Å². The summed E-state index contributed by atoms with van der Waals surface area (Å²) in [4.78, 5) is 11.3. The molecule has 0 saturated carbocycles. The number of urea groups is 1. The minimum absolute atomic E-state index is 0.277. The Bertz CT molecular complexity index is 361. The molecule has 0 fully saturated rings. The van der Waals surface area contributed by atoms with Gasteiger partial charge in [0.15, 0.2) is 0 Å². The first-order chi connectivity index (χ1) is 7.26. The van der Waals surface area contributed by atoms with Crippen LogP contribution >= 0.6 is 0 Å². The molecule has 1 aromatic carbocycles. The Labute approximate surface area is 88.9 Å². The molecule has 1 aromatic rings. The third-order valence-electron chi connectivity index (χ3n) is 1.71. The van der Waals surface area contributed by atoms with Gasteiger partial charge in [0.2, 0.25) is 0 Å². The first kappa shape index (κ1) is 11.1. The van der Waals surface area contributed by atoms with Crippen LogP contribution in [0.1, 0.15) is 6.92 Å². The van der Waals surface area contributed by atoms with Gasteiger partial charge in [0.1, 0.15) is 5.75 Å². The third kappa shape index (κ3) is 3.72. The summed E-state index contributed by atoms with van der Waals surface area (Å²) in [7, 11) is 1.58. The van der Waals surface area contributed by atoms with E-state index < -0.39 is 0 Å². The number of nitrogens with one attached hydrogen (secondary N) is 2. The summed E-state index contributed by atoms with van der Waals surface area (Å²) in [5.41, 5.74) is 0.691. The van der Waals surface area contributed by atoms with Gasteiger partial charge in [0.25, 0.3) is 0 Å². The van der Waals surface area contributed by atoms with Gasteiger partial charge in [-0.2, -0.15) is 0 Å². The van der Waals surface area contributed by atoms with Crippen molar-refractivity contribution in [2.75, 3.05) is 12.4 Å². The maximum absolute atomic E-state index is 11.3. The van der Waals surface area contributed by atoms with E-state index in [1.807, 2.05) is 19.1 Å². The second-order valence-electron chi connectivity index (χ2n) is 2.83. The number of methoxy groups -OCH3 is 1. The minimum atomic E-state index is -0.277. The first-order valence-corrected chi connectivity index (χ1v) is 4.59. The fraction of sp³-hybridized carbons (Fsp3) is 0.182. The molecule has 0 aliphatic rings. The Balaban J connectivity index is 2.59. The van der Waals surface area contributed by atoms with Gasteiger partial charge in [-0.25, -0.2) is 4.79 Å². The van der Waals surface area contributed by atoms with Crippen molar-refractivity contribution in [3.8, 4) is 5.75 Å². The Kier molecular flexibility index (Phi) is 4.22.